The Morgan fingerprint density at radius 2 is 1.82 bits per heavy atom. The monoisotopic (exact) mass is 304 g/mol. The summed E-state index contributed by atoms with van der Waals surface area (Å²) >= 11 is 0. The average molecular weight is 304 g/mol. The van der Waals surface area contributed by atoms with Gasteiger partial charge in [-0.1, -0.05) is 58.0 Å². The van der Waals surface area contributed by atoms with Gasteiger partial charge < -0.3 is 11.1 Å². The Morgan fingerprint density at radius 1 is 1.18 bits per heavy atom. The van der Waals surface area contributed by atoms with E-state index in [0.717, 1.165) is 26.1 Å². The molecule has 1 aromatic carbocycles. The molecule has 1 aromatic rings. The van der Waals surface area contributed by atoms with Crippen LogP contribution < -0.4 is 11.1 Å². The second-order valence-corrected chi connectivity index (χ2v) is 5.98. The highest BCUT2D eigenvalue weighted by molar-refractivity contribution is 5.77. The summed E-state index contributed by atoms with van der Waals surface area (Å²) < 4.78 is 0. The van der Waals surface area contributed by atoms with Crippen LogP contribution in [0.3, 0.4) is 0 Å². The Morgan fingerprint density at radius 3 is 2.36 bits per heavy atom. The van der Waals surface area contributed by atoms with Crippen LogP contribution in [0.15, 0.2) is 35.3 Å². The highest BCUT2D eigenvalue weighted by Crippen LogP contribution is 2.20. The highest BCUT2D eigenvalue weighted by Gasteiger charge is 2.17. The van der Waals surface area contributed by atoms with Crippen LogP contribution in [-0.4, -0.2) is 37.0 Å². The van der Waals surface area contributed by atoms with Crippen molar-refractivity contribution >= 4 is 5.96 Å². The Bertz CT molecular complexity index is 424. The van der Waals surface area contributed by atoms with Gasteiger partial charge in [-0.3, -0.25) is 9.89 Å². The van der Waals surface area contributed by atoms with Crippen molar-refractivity contribution in [3.05, 3.63) is 35.9 Å². The van der Waals surface area contributed by atoms with E-state index in [1.807, 2.05) is 6.07 Å². The van der Waals surface area contributed by atoms with E-state index in [1.165, 1.54) is 5.56 Å². The Kier molecular flexibility index (Phi) is 8.60. The van der Waals surface area contributed by atoms with Crippen molar-refractivity contribution in [1.82, 2.24) is 10.2 Å². The molecule has 0 radical (unpaired) electrons. The number of nitrogens with zero attached hydrogens (tertiary/aromatic N) is 2. The predicted molar refractivity (Wildman–Crippen MR) is 96.1 cm³/mol. The van der Waals surface area contributed by atoms with Crippen molar-refractivity contribution in [3.63, 3.8) is 0 Å². The minimum atomic E-state index is 0.279. The van der Waals surface area contributed by atoms with Gasteiger partial charge in [0.15, 0.2) is 5.96 Å². The first-order valence-electron chi connectivity index (χ1n) is 8.41. The molecule has 0 saturated carbocycles. The van der Waals surface area contributed by atoms with Crippen molar-refractivity contribution in [2.75, 3.05) is 26.2 Å². The largest absolute Gasteiger partial charge is 0.370 e. The number of nitrogens with two attached hydrogens (primary N) is 1. The lowest BCUT2D eigenvalue weighted by Gasteiger charge is -2.29. The lowest BCUT2D eigenvalue weighted by atomic mass is 10.1. The van der Waals surface area contributed by atoms with Crippen LogP contribution in [0.1, 0.15) is 45.7 Å². The third-order valence-corrected chi connectivity index (χ3v) is 3.90. The number of hydrogen-bond donors (Lipinski definition) is 2. The zero-order valence-electron chi connectivity index (χ0n) is 14.5. The summed E-state index contributed by atoms with van der Waals surface area (Å²) in [4.78, 5) is 6.97. The zero-order valence-corrected chi connectivity index (χ0v) is 14.5. The highest BCUT2D eigenvalue weighted by atomic mass is 15.2. The SMILES string of the molecule is CCN(CC)C(CN=C(N)NCCC(C)C)c1ccccc1. The second kappa shape index (κ2) is 10.2. The summed E-state index contributed by atoms with van der Waals surface area (Å²) in [5.74, 6) is 1.22. The predicted octanol–water partition coefficient (Wildman–Crippen LogP) is 3.02. The lowest BCUT2D eigenvalue weighted by Crippen LogP contribution is -2.35. The number of nitrogens with one attached hydrogen (secondary N) is 1. The van der Waals surface area contributed by atoms with Crippen LogP contribution >= 0.6 is 0 Å². The van der Waals surface area contributed by atoms with Crippen molar-refractivity contribution in [3.8, 4) is 0 Å². The number of aliphatic imine (C=N–C) groups is 1. The molecule has 0 saturated heterocycles. The van der Waals surface area contributed by atoms with Crippen molar-refractivity contribution in [2.45, 2.75) is 40.2 Å². The van der Waals surface area contributed by atoms with Gasteiger partial charge in [0, 0.05) is 6.54 Å². The van der Waals surface area contributed by atoms with E-state index in [1.54, 1.807) is 0 Å². The first kappa shape index (κ1) is 18.5. The van der Waals surface area contributed by atoms with E-state index in [2.05, 4.69) is 67.2 Å². The van der Waals surface area contributed by atoms with Gasteiger partial charge in [-0.2, -0.15) is 0 Å². The van der Waals surface area contributed by atoms with Gasteiger partial charge in [-0.15, -0.1) is 0 Å². The van der Waals surface area contributed by atoms with Gasteiger partial charge in [0.1, 0.15) is 0 Å². The van der Waals surface area contributed by atoms with Gasteiger partial charge in [0.2, 0.25) is 0 Å². The van der Waals surface area contributed by atoms with Crippen molar-refractivity contribution in [1.29, 1.82) is 0 Å². The molecule has 0 aromatic heterocycles. The minimum Gasteiger partial charge on any atom is -0.370 e. The minimum absolute atomic E-state index is 0.279. The Labute approximate surface area is 135 Å². The number of guanidine groups is 1. The molecule has 22 heavy (non-hydrogen) atoms. The summed E-state index contributed by atoms with van der Waals surface area (Å²) in [5.41, 5.74) is 7.29. The molecule has 0 bridgehead atoms. The molecule has 0 spiro atoms. The number of likely N-dealkylation sites (N-methyl/N-ethyl adjacent to an activating group) is 1. The van der Waals surface area contributed by atoms with E-state index < -0.39 is 0 Å². The van der Waals surface area contributed by atoms with Gasteiger partial charge in [0.25, 0.3) is 0 Å². The van der Waals surface area contributed by atoms with E-state index >= 15 is 0 Å². The Balaban J connectivity index is 2.69. The molecule has 4 nitrogen and oxygen atoms in total. The van der Waals surface area contributed by atoms with Gasteiger partial charge in [-0.05, 0) is 31.0 Å². The number of rotatable bonds is 9. The van der Waals surface area contributed by atoms with Crippen LogP contribution in [0.25, 0.3) is 0 Å². The first-order chi connectivity index (χ1) is 10.6. The molecular weight excluding hydrogens is 272 g/mol. The fourth-order valence-corrected chi connectivity index (χ4v) is 2.50. The molecule has 1 rings (SSSR count). The smallest absolute Gasteiger partial charge is 0.188 e. The lowest BCUT2D eigenvalue weighted by molar-refractivity contribution is 0.224. The molecule has 0 aliphatic carbocycles. The molecule has 0 fully saturated rings. The maximum Gasteiger partial charge on any atom is 0.188 e. The quantitative estimate of drug-likeness (QED) is 0.544. The van der Waals surface area contributed by atoms with Crippen LogP contribution in [0, 0.1) is 5.92 Å². The molecule has 1 unspecified atom stereocenters. The first-order valence-corrected chi connectivity index (χ1v) is 8.41. The van der Waals surface area contributed by atoms with E-state index in [-0.39, 0.29) is 6.04 Å². The number of benzene rings is 1. The summed E-state index contributed by atoms with van der Waals surface area (Å²) in [5, 5.41) is 3.20. The van der Waals surface area contributed by atoms with E-state index in [0.29, 0.717) is 18.4 Å². The molecule has 4 heteroatoms. The zero-order chi connectivity index (χ0) is 16.4. The summed E-state index contributed by atoms with van der Waals surface area (Å²) in [6.45, 7) is 12.4. The summed E-state index contributed by atoms with van der Waals surface area (Å²) in [6, 6.07) is 10.8. The Hall–Kier alpha value is -1.55. The molecule has 3 N–H and O–H groups in total. The fourth-order valence-electron chi connectivity index (χ4n) is 2.50. The van der Waals surface area contributed by atoms with Crippen LogP contribution in [0.2, 0.25) is 0 Å². The number of hydrogen-bond acceptors (Lipinski definition) is 2. The molecule has 1 atom stereocenters. The van der Waals surface area contributed by atoms with Gasteiger partial charge in [0.05, 0.1) is 12.6 Å². The van der Waals surface area contributed by atoms with E-state index in [4.69, 9.17) is 5.73 Å². The van der Waals surface area contributed by atoms with E-state index in [9.17, 15) is 0 Å². The average Bonchev–Trinajstić information content (AvgIpc) is 2.52. The van der Waals surface area contributed by atoms with Gasteiger partial charge >= 0.3 is 0 Å². The standard InChI is InChI=1S/C18H32N4/c1-5-22(6-2)17(16-10-8-7-9-11-16)14-21-18(19)20-13-12-15(3)4/h7-11,15,17H,5-6,12-14H2,1-4H3,(H3,19,20,21). The molecule has 0 amide bonds. The second-order valence-electron chi connectivity index (χ2n) is 5.98. The molecular formula is C18H32N4. The molecule has 0 aliphatic heterocycles. The normalized spacial score (nSPS) is 13.6. The summed E-state index contributed by atoms with van der Waals surface area (Å²) in [7, 11) is 0. The van der Waals surface area contributed by atoms with Crippen LogP contribution in [0.4, 0.5) is 0 Å². The van der Waals surface area contributed by atoms with Crippen molar-refractivity contribution < 1.29 is 0 Å². The molecule has 0 aliphatic rings. The third kappa shape index (κ3) is 6.48. The topological polar surface area (TPSA) is 53.6 Å². The van der Waals surface area contributed by atoms with Crippen molar-refractivity contribution in [2.24, 2.45) is 16.6 Å². The van der Waals surface area contributed by atoms with Gasteiger partial charge in [-0.25, -0.2) is 0 Å². The summed E-state index contributed by atoms with van der Waals surface area (Å²) in [6.07, 6.45) is 1.11. The van der Waals surface area contributed by atoms with Crippen LogP contribution in [-0.2, 0) is 0 Å². The third-order valence-electron chi connectivity index (χ3n) is 3.90. The molecule has 0 heterocycles. The maximum atomic E-state index is 5.99. The van der Waals surface area contributed by atoms with Crippen LogP contribution in [0.5, 0.6) is 0 Å². The molecule has 124 valence electrons. The fraction of sp³-hybridized carbons (Fsp3) is 0.611. The maximum absolute atomic E-state index is 5.99.